The minimum Gasteiger partial charge on any atom is -0.497 e. The van der Waals surface area contributed by atoms with Crippen molar-refractivity contribution in [2.24, 2.45) is 5.92 Å². The Kier molecular flexibility index (Phi) is 5.88. The van der Waals surface area contributed by atoms with Crippen LogP contribution in [0.15, 0.2) is 18.2 Å². The van der Waals surface area contributed by atoms with Crippen LogP contribution in [0.4, 0.5) is 0 Å². The van der Waals surface area contributed by atoms with E-state index in [1.165, 1.54) is 5.56 Å². The summed E-state index contributed by atoms with van der Waals surface area (Å²) in [7, 11) is 3.38. The van der Waals surface area contributed by atoms with Gasteiger partial charge in [-0.05, 0) is 18.4 Å². The Morgan fingerprint density at radius 1 is 1.29 bits per heavy atom. The second kappa shape index (κ2) is 7.66. The predicted octanol–water partition coefficient (Wildman–Crippen LogP) is 2.95. The van der Waals surface area contributed by atoms with Crippen LogP contribution in [0.2, 0.25) is 0 Å². The molecule has 0 N–H and O–H groups in total. The van der Waals surface area contributed by atoms with Crippen molar-refractivity contribution >= 4 is 0 Å². The largest absolute Gasteiger partial charge is 0.497 e. The van der Waals surface area contributed by atoms with E-state index in [1.54, 1.807) is 14.2 Å². The van der Waals surface area contributed by atoms with Crippen molar-refractivity contribution in [2.75, 3.05) is 33.9 Å². The third kappa shape index (κ3) is 4.61. The summed E-state index contributed by atoms with van der Waals surface area (Å²) in [4.78, 5) is 2.45. The molecule has 0 amide bonds. The molecule has 2 rings (SSSR count). The Morgan fingerprint density at radius 2 is 2.10 bits per heavy atom. The predicted molar refractivity (Wildman–Crippen MR) is 84.0 cm³/mol. The Morgan fingerprint density at radius 3 is 2.76 bits per heavy atom. The van der Waals surface area contributed by atoms with E-state index in [4.69, 9.17) is 14.2 Å². The van der Waals surface area contributed by atoms with Gasteiger partial charge < -0.3 is 14.2 Å². The number of ether oxygens (including phenoxy) is 3. The lowest BCUT2D eigenvalue weighted by Crippen LogP contribution is -2.42. The molecule has 1 aliphatic rings. The van der Waals surface area contributed by atoms with E-state index in [1.807, 2.05) is 12.1 Å². The molecule has 0 unspecified atom stereocenters. The molecular formula is C17H27NO3. The SMILES string of the molecule is COc1ccc(CN2CCO[C@H](CC(C)C)C2)c(OC)c1. The highest BCUT2D eigenvalue weighted by molar-refractivity contribution is 5.40. The van der Waals surface area contributed by atoms with Crippen LogP contribution in [0, 0.1) is 5.92 Å². The number of nitrogens with zero attached hydrogens (tertiary/aromatic N) is 1. The zero-order chi connectivity index (χ0) is 15.2. The van der Waals surface area contributed by atoms with E-state index >= 15 is 0 Å². The van der Waals surface area contributed by atoms with Crippen molar-refractivity contribution in [3.8, 4) is 11.5 Å². The van der Waals surface area contributed by atoms with Crippen LogP contribution in [0.1, 0.15) is 25.8 Å². The molecule has 118 valence electrons. The molecule has 4 nitrogen and oxygen atoms in total. The van der Waals surface area contributed by atoms with Crippen molar-refractivity contribution in [3.05, 3.63) is 23.8 Å². The minimum atomic E-state index is 0.350. The number of hydrogen-bond donors (Lipinski definition) is 0. The van der Waals surface area contributed by atoms with E-state index in [2.05, 4.69) is 24.8 Å². The van der Waals surface area contributed by atoms with Gasteiger partial charge in [-0.2, -0.15) is 0 Å². The van der Waals surface area contributed by atoms with Crippen LogP contribution >= 0.6 is 0 Å². The summed E-state index contributed by atoms with van der Waals surface area (Å²) in [5.74, 6) is 2.39. The van der Waals surface area contributed by atoms with E-state index in [-0.39, 0.29) is 0 Å². The molecule has 1 atom stereocenters. The Balaban J connectivity index is 2.00. The van der Waals surface area contributed by atoms with Gasteiger partial charge in [-0.25, -0.2) is 0 Å². The van der Waals surface area contributed by atoms with E-state index in [0.717, 1.165) is 44.2 Å². The fraction of sp³-hybridized carbons (Fsp3) is 0.647. The fourth-order valence-corrected chi connectivity index (χ4v) is 2.82. The number of methoxy groups -OCH3 is 2. The maximum Gasteiger partial charge on any atom is 0.127 e. The molecule has 1 fully saturated rings. The summed E-state index contributed by atoms with van der Waals surface area (Å²) in [6.07, 6.45) is 1.47. The summed E-state index contributed by atoms with van der Waals surface area (Å²) >= 11 is 0. The third-order valence-corrected chi connectivity index (χ3v) is 3.85. The summed E-state index contributed by atoms with van der Waals surface area (Å²) < 4.78 is 16.6. The molecule has 1 aromatic rings. The molecule has 1 aliphatic heterocycles. The summed E-state index contributed by atoms with van der Waals surface area (Å²) in [5.41, 5.74) is 1.20. The first kappa shape index (κ1) is 16.1. The summed E-state index contributed by atoms with van der Waals surface area (Å²) in [6.45, 7) is 8.17. The summed E-state index contributed by atoms with van der Waals surface area (Å²) in [6, 6.07) is 6.02. The van der Waals surface area contributed by atoms with Gasteiger partial charge in [0.2, 0.25) is 0 Å². The topological polar surface area (TPSA) is 30.9 Å². The average Bonchev–Trinajstić information content (AvgIpc) is 2.47. The Labute approximate surface area is 128 Å². The van der Waals surface area contributed by atoms with Crippen molar-refractivity contribution < 1.29 is 14.2 Å². The zero-order valence-electron chi connectivity index (χ0n) is 13.6. The maximum atomic E-state index is 5.86. The lowest BCUT2D eigenvalue weighted by Gasteiger charge is -2.34. The standard InChI is InChI=1S/C17H27NO3/c1-13(2)9-16-12-18(7-8-21-16)11-14-5-6-15(19-3)10-17(14)20-4/h5-6,10,13,16H,7-9,11-12H2,1-4H3/t16-/m1/s1. The quantitative estimate of drug-likeness (QED) is 0.807. The van der Waals surface area contributed by atoms with Crippen molar-refractivity contribution in [1.29, 1.82) is 0 Å². The van der Waals surface area contributed by atoms with Crippen LogP contribution < -0.4 is 9.47 Å². The third-order valence-electron chi connectivity index (χ3n) is 3.85. The van der Waals surface area contributed by atoms with Gasteiger partial charge in [-0.3, -0.25) is 4.90 Å². The van der Waals surface area contributed by atoms with Crippen molar-refractivity contribution in [3.63, 3.8) is 0 Å². The number of morpholine rings is 1. The molecule has 1 saturated heterocycles. The first-order valence-corrected chi connectivity index (χ1v) is 7.67. The highest BCUT2D eigenvalue weighted by Crippen LogP contribution is 2.26. The molecular weight excluding hydrogens is 266 g/mol. The van der Waals surface area contributed by atoms with Gasteiger partial charge in [0.25, 0.3) is 0 Å². The van der Waals surface area contributed by atoms with E-state index in [0.29, 0.717) is 12.0 Å². The van der Waals surface area contributed by atoms with E-state index < -0.39 is 0 Å². The van der Waals surface area contributed by atoms with Crippen LogP contribution in [0.3, 0.4) is 0 Å². The van der Waals surface area contributed by atoms with Crippen LogP contribution in [0.5, 0.6) is 11.5 Å². The smallest absolute Gasteiger partial charge is 0.127 e. The lowest BCUT2D eigenvalue weighted by molar-refractivity contribution is -0.0401. The molecule has 0 aromatic heterocycles. The van der Waals surface area contributed by atoms with Gasteiger partial charge in [0, 0.05) is 31.3 Å². The van der Waals surface area contributed by atoms with Crippen LogP contribution in [0.25, 0.3) is 0 Å². The maximum absolute atomic E-state index is 5.86. The van der Waals surface area contributed by atoms with Crippen LogP contribution in [-0.2, 0) is 11.3 Å². The Bertz CT molecular complexity index is 448. The van der Waals surface area contributed by atoms with Gasteiger partial charge in [0.05, 0.1) is 26.9 Å². The van der Waals surface area contributed by atoms with Gasteiger partial charge in [0.1, 0.15) is 11.5 Å². The molecule has 0 radical (unpaired) electrons. The average molecular weight is 293 g/mol. The normalized spacial score (nSPS) is 19.8. The van der Waals surface area contributed by atoms with Crippen LogP contribution in [-0.4, -0.2) is 44.9 Å². The fourth-order valence-electron chi connectivity index (χ4n) is 2.82. The van der Waals surface area contributed by atoms with E-state index in [9.17, 15) is 0 Å². The molecule has 0 spiro atoms. The van der Waals surface area contributed by atoms with Crippen molar-refractivity contribution in [1.82, 2.24) is 4.90 Å². The highest BCUT2D eigenvalue weighted by Gasteiger charge is 2.22. The second-order valence-electron chi connectivity index (χ2n) is 6.04. The molecule has 1 aromatic carbocycles. The highest BCUT2D eigenvalue weighted by atomic mass is 16.5. The minimum absolute atomic E-state index is 0.350. The first-order valence-electron chi connectivity index (χ1n) is 7.67. The molecule has 21 heavy (non-hydrogen) atoms. The van der Waals surface area contributed by atoms with Gasteiger partial charge in [-0.15, -0.1) is 0 Å². The zero-order valence-corrected chi connectivity index (χ0v) is 13.6. The number of benzene rings is 1. The first-order chi connectivity index (χ1) is 10.1. The van der Waals surface area contributed by atoms with Crippen molar-refractivity contribution in [2.45, 2.75) is 32.9 Å². The van der Waals surface area contributed by atoms with Gasteiger partial charge in [0.15, 0.2) is 0 Å². The van der Waals surface area contributed by atoms with Gasteiger partial charge >= 0.3 is 0 Å². The molecule has 1 heterocycles. The Hall–Kier alpha value is -1.26. The number of rotatable bonds is 6. The van der Waals surface area contributed by atoms with Gasteiger partial charge in [-0.1, -0.05) is 19.9 Å². The molecule has 0 aliphatic carbocycles. The monoisotopic (exact) mass is 293 g/mol. The molecule has 0 bridgehead atoms. The number of hydrogen-bond acceptors (Lipinski definition) is 4. The summed E-state index contributed by atoms with van der Waals surface area (Å²) in [5, 5.41) is 0. The lowest BCUT2D eigenvalue weighted by atomic mass is 10.0. The molecule has 4 heteroatoms. The molecule has 0 saturated carbocycles. The second-order valence-corrected chi connectivity index (χ2v) is 6.04.